The predicted octanol–water partition coefficient (Wildman–Crippen LogP) is 6.67. The summed E-state index contributed by atoms with van der Waals surface area (Å²) in [4.78, 5) is 61.1. The van der Waals surface area contributed by atoms with Crippen LogP contribution in [-0.2, 0) is 9.59 Å². The minimum atomic E-state index is -0.733. The van der Waals surface area contributed by atoms with Crippen LogP contribution in [0.15, 0.2) is 122 Å². The molecular formula is C49H56N8O4. The van der Waals surface area contributed by atoms with E-state index in [0.717, 1.165) is 90.8 Å². The average molecular weight is 821 g/mol. The second-order valence-corrected chi connectivity index (χ2v) is 16.5. The SMILES string of the molecule is O=C(N[C@@H](C(=O)NC1CCN(C2CCCC2)CC1)c1ccccc1)c1ccc2cc[nH]c2c1.O=C(N[C@@H](C(=O)NC1CCNCC1)c1ccccc1)c1ccc2cc[nH]c2c1. The molecule has 6 aromatic rings. The first-order valence-corrected chi connectivity index (χ1v) is 21.8. The second-order valence-electron chi connectivity index (χ2n) is 16.5. The molecule has 4 amide bonds. The van der Waals surface area contributed by atoms with E-state index in [2.05, 4.69) is 41.5 Å². The lowest BCUT2D eigenvalue weighted by Gasteiger charge is -2.36. The first kappa shape index (κ1) is 41.5. The van der Waals surface area contributed by atoms with Gasteiger partial charge in [-0.25, -0.2) is 0 Å². The molecule has 4 heterocycles. The number of benzene rings is 4. The first-order chi connectivity index (χ1) is 29.9. The van der Waals surface area contributed by atoms with Gasteiger partial charge in [0.05, 0.1) is 0 Å². The van der Waals surface area contributed by atoms with Gasteiger partial charge in [-0.1, -0.05) is 85.6 Å². The number of hydrogen-bond donors (Lipinski definition) is 7. The maximum absolute atomic E-state index is 13.3. The Morgan fingerprint density at radius 1 is 0.541 bits per heavy atom. The van der Waals surface area contributed by atoms with Crippen LogP contribution in [0.2, 0.25) is 0 Å². The number of piperidine rings is 2. The third kappa shape index (κ3) is 10.6. The van der Waals surface area contributed by atoms with Gasteiger partial charge in [-0.15, -0.1) is 0 Å². The van der Waals surface area contributed by atoms with Crippen molar-refractivity contribution in [2.24, 2.45) is 0 Å². The van der Waals surface area contributed by atoms with E-state index in [9.17, 15) is 19.2 Å². The van der Waals surface area contributed by atoms with Gasteiger partial charge in [-0.2, -0.15) is 0 Å². The number of carbonyl (C=O) groups is 4. The highest BCUT2D eigenvalue weighted by Crippen LogP contribution is 2.27. The normalized spacial score (nSPS) is 17.5. The molecule has 9 rings (SSSR count). The summed E-state index contributed by atoms with van der Waals surface area (Å²) in [6.07, 6.45) is 12.7. The number of likely N-dealkylation sites (tertiary alicyclic amines) is 1. The van der Waals surface area contributed by atoms with Crippen LogP contribution in [0.25, 0.3) is 21.8 Å². The smallest absolute Gasteiger partial charge is 0.252 e. The topological polar surface area (TPSA) is 163 Å². The summed E-state index contributed by atoms with van der Waals surface area (Å²) in [5, 5.41) is 17.6. The number of fused-ring (bicyclic) bond motifs is 2. The van der Waals surface area contributed by atoms with Gasteiger partial charge in [0.25, 0.3) is 11.8 Å². The quantitative estimate of drug-likeness (QED) is 0.0773. The van der Waals surface area contributed by atoms with Crippen LogP contribution in [0, 0.1) is 0 Å². The van der Waals surface area contributed by atoms with Crippen molar-refractivity contribution in [2.75, 3.05) is 26.2 Å². The highest BCUT2D eigenvalue weighted by molar-refractivity contribution is 6.01. The van der Waals surface area contributed by atoms with E-state index >= 15 is 0 Å². The van der Waals surface area contributed by atoms with Crippen LogP contribution in [0.5, 0.6) is 0 Å². The molecule has 12 nitrogen and oxygen atoms in total. The molecule has 4 aromatic carbocycles. The van der Waals surface area contributed by atoms with Crippen molar-refractivity contribution >= 4 is 45.4 Å². The summed E-state index contributed by atoms with van der Waals surface area (Å²) >= 11 is 0. The molecule has 0 spiro atoms. The average Bonchev–Trinajstić information content (AvgIpc) is 4.12. The maximum Gasteiger partial charge on any atom is 0.252 e. The molecule has 12 heteroatoms. The molecule has 2 aliphatic heterocycles. The van der Waals surface area contributed by atoms with Crippen LogP contribution < -0.4 is 26.6 Å². The van der Waals surface area contributed by atoms with Crippen molar-refractivity contribution in [3.8, 4) is 0 Å². The van der Waals surface area contributed by atoms with E-state index in [0.29, 0.717) is 11.1 Å². The molecular weight excluding hydrogens is 765 g/mol. The zero-order chi connectivity index (χ0) is 42.0. The largest absolute Gasteiger partial charge is 0.361 e. The first-order valence-electron chi connectivity index (χ1n) is 21.8. The Kier molecular flexibility index (Phi) is 13.5. The van der Waals surface area contributed by atoms with Gasteiger partial charge in [0.2, 0.25) is 11.8 Å². The fraction of sp³-hybridized carbons (Fsp3) is 0.347. The van der Waals surface area contributed by atoms with Gasteiger partial charge >= 0.3 is 0 Å². The molecule has 2 aromatic heterocycles. The van der Waals surface area contributed by atoms with Gasteiger partial charge in [-0.3, -0.25) is 19.2 Å². The van der Waals surface area contributed by atoms with Crippen LogP contribution in [0.3, 0.4) is 0 Å². The molecule has 0 radical (unpaired) electrons. The van der Waals surface area contributed by atoms with Gasteiger partial charge in [0.1, 0.15) is 12.1 Å². The lowest BCUT2D eigenvalue weighted by atomic mass is 10.0. The van der Waals surface area contributed by atoms with E-state index in [-0.39, 0.29) is 35.7 Å². The van der Waals surface area contributed by atoms with E-state index in [1.165, 1.54) is 25.7 Å². The summed E-state index contributed by atoms with van der Waals surface area (Å²) in [7, 11) is 0. The Labute approximate surface area is 356 Å². The molecule has 3 fully saturated rings. The molecule has 1 saturated carbocycles. The number of nitrogens with one attached hydrogen (secondary N) is 7. The standard InChI is InChI=1S/C27H32N4O2.C22H24N4O2/c32-26(21-11-10-19-12-15-28-24(19)18-21)30-25(20-6-2-1-3-7-20)27(33)29-22-13-16-31(17-14-22)23-8-4-5-9-23;27-21(17-7-6-15-8-13-24-19(15)14-17)26-20(16-4-2-1-3-5-16)22(28)25-18-9-11-23-12-10-18/h1-3,6-7,10-12,15,18,22-23,25,28H,4-5,8-9,13-14,16-17H2,(H,29,33)(H,30,32);1-8,13-14,18,20,23-24H,9-12H2,(H,25,28)(H,26,27)/t25-;20-/m11/s1. The minimum absolute atomic E-state index is 0.132. The Bertz CT molecular complexity index is 2390. The van der Waals surface area contributed by atoms with Crippen LogP contribution in [-0.4, -0.2) is 82.8 Å². The molecule has 3 aliphatic rings. The molecule has 61 heavy (non-hydrogen) atoms. The highest BCUT2D eigenvalue weighted by atomic mass is 16.2. The Morgan fingerprint density at radius 2 is 1.00 bits per heavy atom. The molecule has 0 bridgehead atoms. The van der Waals surface area contributed by atoms with Crippen molar-refractivity contribution in [2.45, 2.75) is 81.6 Å². The summed E-state index contributed by atoms with van der Waals surface area (Å²) in [6.45, 7) is 3.86. The van der Waals surface area contributed by atoms with Crippen molar-refractivity contribution in [1.82, 2.24) is 41.5 Å². The third-order valence-corrected chi connectivity index (χ3v) is 12.4. The van der Waals surface area contributed by atoms with Crippen LogP contribution in [0.4, 0.5) is 0 Å². The number of H-pyrrole nitrogens is 2. The number of hydrogen-bond acceptors (Lipinski definition) is 6. The number of amides is 4. The van der Waals surface area contributed by atoms with Crippen molar-refractivity contribution < 1.29 is 19.2 Å². The number of nitrogens with zero attached hydrogens (tertiary/aromatic N) is 1. The van der Waals surface area contributed by atoms with Crippen molar-refractivity contribution in [3.63, 3.8) is 0 Å². The summed E-state index contributed by atoms with van der Waals surface area (Å²) < 4.78 is 0. The van der Waals surface area contributed by atoms with E-state index in [4.69, 9.17) is 0 Å². The fourth-order valence-electron chi connectivity index (χ4n) is 8.91. The van der Waals surface area contributed by atoms with E-state index in [1.54, 1.807) is 18.2 Å². The van der Waals surface area contributed by atoms with E-state index in [1.807, 2.05) is 103 Å². The second kappa shape index (κ2) is 19.9. The van der Waals surface area contributed by atoms with Crippen LogP contribution in [0.1, 0.15) is 95.3 Å². The number of rotatable bonds is 11. The molecule has 316 valence electrons. The molecule has 0 unspecified atom stereocenters. The lowest BCUT2D eigenvalue weighted by molar-refractivity contribution is -0.124. The van der Waals surface area contributed by atoms with Gasteiger partial charge in [0, 0.05) is 65.8 Å². The molecule has 2 saturated heterocycles. The zero-order valence-electron chi connectivity index (χ0n) is 34.5. The zero-order valence-corrected chi connectivity index (χ0v) is 34.5. The Morgan fingerprint density at radius 3 is 1.48 bits per heavy atom. The predicted molar refractivity (Wildman–Crippen MR) is 239 cm³/mol. The summed E-state index contributed by atoms with van der Waals surface area (Å²) in [5.41, 5.74) is 4.39. The monoisotopic (exact) mass is 820 g/mol. The molecule has 1 aliphatic carbocycles. The molecule has 2 atom stereocenters. The summed E-state index contributed by atoms with van der Waals surface area (Å²) in [6, 6.07) is 33.3. The Balaban J connectivity index is 0.000000171. The molecule has 7 N–H and O–H groups in total. The highest BCUT2D eigenvalue weighted by Gasteiger charge is 2.31. The van der Waals surface area contributed by atoms with Crippen molar-refractivity contribution in [1.29, 1.82) is 0 Å². The van der Waals surface area contributed by atoms with E-state index < -0.39 is 12.1 Å². The van der Waals surface area contributed by atoms with Crippen LogP contribution >= 0.6 is 0 Å². The number of aromatic amines is 2. The summed E-state index contributed by atoms with van der Waals surface area (Å²) in [5.74, 6) is -0.848. The van der Waals surface area contributed by atoms with Gasteiger partial charge in [-0.05, 0) is 110 Å². The third-order valence-electron chi connectivity index (χ3n) is 12.4. The Hall–Kier alpha value is -6.24. The minimum Gasteiger partial charge on any atom is -0.361 e. The van der Waals surface area contributed by atoms with Crippen molar-refractivity contribution in [3.05, 3.63) is 144 Å². The van der Waals surface area contributed by atoms with Gasteiger partial charge in [0.15, 0.2) is 0 Å². The maximum atomic E-state index is 13.3. The number of aromatic nitrogens is 2. The van der Waals surface area contributed by atoms with Gasteiger partial charge < -0.3 is 41.5 Å². The number of carbonyl (C=O) groups excluding carboxylic acids is 4. The lowest BCUT2D eigenvalue weighted by Crippen LogP contribution is -2.50. The fourth-order valence-corrected chi connectivity index (χ4v) is 8.91.